The molecule has 6 nitrogen and oxygen atoms in total. The number of methoxy groups -OCH3 is 1. The molecule has 1 aliphatic rings. The highest BCUT2D eigenvalue weighted by Gasteiger charge is 2.28. The first kappa shape index (κ1) is 19.5. The molecule has 0 bridgehead atoms. The molecule has 1 saturated heterocycles. The number of hydrogen-bond donors (Lipinski definition) is 0. The van der Waals surface area contributed by atoms with Crippen molar-refractivity contribution in [2.75, 3.05) is 45.6 Å². The number of ether oxygens (including phenoxy) is 1. The van der Waals surface area contributed by atoms with Crippen molar-refractivity contribution < 1.29 is 17.9 Å². The van der Waals surface area contributed by atoms with Gasteiger partial charge in [0.2, 0.25) is 10.0 Å². The third-order valence-corrected chi connectivity index (χ3v) is 6.54. The van der Waals surface area contributed by atoms with Crippen molar-refractivity contribution >= 4 is 15.9 Å². The van der Waals surface area contributed by atoms with Crippen molar-refractivity contribution in [2.24, 2.45) is 0 Å². The Balaban J connectivity index is 1.61. The van der Waals surface area contributed by atoms with E-state index < -0.39 is 10.0 Å². The number of carbonyl (C=O) groups is 1. The maximum absolute atomic E-state index is 12.7. The fourth-order valence-electron chi connectivity index (χ4n) is 3.11. The fraction of sp³-hybridized carbons (Fsp3) is 0.350. The molecule has 27 heavy (non-hydrogen) atoms. The summed E-state index contributed by atoms with van der Waals surface area (Å²) in [5.41, 5.74) is 2.78. The topological polar surface area (TPSA) is 66.9 Å². The van der Waals surface area contributed by atoms with Gasteiger partial charge in [-0.05, 0) is 23.3 Å². The number of rotatable bonds is 6. The summed E-state index contributed by atoms with van der Waals surface area (Å²) in [6.45, 7) is 1.60. The minimum atomic E-state index is -3.33. The monoisotopic (exact) mass is 388 g/mol. The molecule has 144 valence electrons. The van der Waals surface area contributed by atoms with Crippen molar-refractivity contribution in [3.05, 3.63) is 60.2 Å². The van der Waals surface area contributed by atoms with Crippen LogP contribution in [0.5, 0.6) is 0 Å². The molecule has 0 unspecified atom stereocenters. The van der Waals surface area contributed by atoms with Gasteiger partial charge in [0, 0.05) is 38.9 Å². The van der Waals surface area contributed by atoms with Crippen molar-refractivity contribution in [3.63, 3.8) is 0 Å². The van der Waals surface area contributed by atoms with Gasteiger partial charge in [-0.2, -0.15) is 4.31 Å². The standard InChI is InChI=1S/C20H24N2O4S/c1-26-15-16-27(24,25)22-13-11-21(12-14-22)20(23)19-9-7-18(8-10-19)17-5-3-2-4-6-17/h2-10H,11-16H2,1H3. The van der Waals surface area contributed by atoms with Crippen LogP contribution in [0.4, 0.5) is 0 Å². The molecular formula is C20H24N2O4S. The van der Waals surface area contributed by atoms with Crippen LogP contribution in [-0.4, -0.2) is 69.2 Å². The van der Waals surface area contributed by atoms with Gasteiger partial charge in [-0.25, -0.2) is 8.42 Å². The molecule has 0 radical (unpaired) electrons. The summed E-state index contributed by atoms with van der Waals surface area (Å²) in [5, 5.41) is 0. The van der Waals surface area contributed by atoms with Crippen LogP contribution < -0.4 is 0 Å². The first-order valence-corrected chi connectivity index (χ1v) is 10.5. The van der Waals surface area contributed by atoms with Gasteiger partial charge >= 0.3 is 0 Å². The predicted octanol–water partition coefficient (Wildman–Crippen LogP) is 2.09. The lowest BCUT2D eigenvalue weighted by atomic mass is 10.0. The summed E-state index contributed by atoms with van der Waals surface area (Å²) in [6.07, 6.45) is 0. The third-order valence-electron chi connectivity index (χ3n) is 4.70. The van der Waals surface area contributed by atoms with Gasteiger partial charge < -0.3 is 9.64 Å². The molecule has 0 aliphatic carbocycles. The number of benzene rings is 2. The van der Waals surface area contributed by atoms with Gasteiger partial charge in [0.05, 0.1) is 12.4 Å². The van der Waals surface area contributed by atoms with E-state index in [0.29, 0.717) is 31.7 Å². The second-order valence-electron chi connectivity index (χ2n) is 6.44. The van der Waals surface area contributed by atoms with Gasteiger partial charge in [-0.3, -0.25) is 4.79 Å². The molecule has 1 aliphatic heterocycles. The van der Waals surface area contributed by atoms with E-state index in [-0.39, 0.29) is 18.3 Å². The number of nitrogens with zero attached hydrogens (tertiary/aromatic N) is 2. The minimum absolute atomic E-state index is 0.0294. The Morgan fingerprint density at radius 3 is 2.11 bits per heavy atom. The van der Waals surface area contributed by atoms with Crippen LogP contribution in [0.1, 0.15) is 10.4 Å². The van der Waals surface area contributed by atoms with Crippen molar-refractivity contribution in [1.29, 1.82) is 0 Å². The molecule has 0 atom stereocenters. The minimum Gasteiger partial charge on any atom is -0.384 e. The molecule has 2 aromatic rings. The second kappa shape index (κ2) is 8.65. The first-order chi connectivity index (χ1) is 13.0. The molecule has 1 fully saturated rings. The highest BCUT2D eigenvalue weighted by atomic mass is 32.2. The smallest absolute Gasteiger partial charge is 0.253 e. The summed E-state index contributed by atoms with van der Waals surface area (Å²) in [7, 11) is -1.84. The number of piperazine rings is 1. The lowest BCUT2D eigenvalue weighted by Crippen LogP contribution is -2.51. The average Bonchev–Trinajstić information content (AvgIpc) is 2.72. The van der Waals surface area contributed by atoms with Crippen LogP contribution in [0, 0.1) is 0 Å². The normalized spacial score (nSPS) is 15.7. The molecule has 0 saturated carbocycles. The maximum Gasteiger partial charge on any atom is 0.253 e. The Kier molecular flexibility index (Phi) is 6.26. The van der Waals surface area contributed by atoms with Gasteiger partial charge in [-0.15, -0.1) is 0 Å². The molecule has 7 heteroatoms. The van der Waals surface area contributed by atoms with Crippen molar-refractivity contribution in [3.8, 4) is 11.1 Å². The van der Waals surface area contributed by atoms with E-state index in [1.54, 1.807) is 4.90 Å². The lowest BCUT2D eigenvalue weighted by molar-refractivity contribution is 0.0697. The highest BCUT2D eigenvalue weighted by molar-refractivity contribution is 7.89. The maximum atomic E-state index is 12.7. The van der Waals surface area contributed by atoms with Crippen LogP contribution in [-0.2, 0) is 14.8 Å². The van der Waals surface area contributed by atoms with Crippen LogP contribution in [0.2, 0.25) is 0 Å². The van der Waals surface area contributed by atoms with Crippen LogP contribution in [0.15, 0.2) is 54.6 Å². The van der Waals surface area contributed by atoms with Gasteiger partial charge in [0.1, 0.15) is 0 Å². The van der Waals surface area contributed by atoms with Crippen LogP contribution in [0.25, 0.3) is 11.1 Å². The Labute approximate surface area is 160 Å². The Morgan fingerprint density at radius 2 is 1.52 bits per heavy atom. The molecule has 1 heterocycles. The zero-order valence-electron chi connectivity index (χ0n) is 15.4. The zero-order chi connectivity index (χ0) is 19.3. The molecule has 0 aromatic heterocycles. The molecule has 0 spiro atoms. The number of sulfonamides is 1. The number of amides is 1. The summed E-state index contributed by atoms with van der Waals surface area (Å²) < 4.78 is 30.7. The SMILES string of the molecule is COCCS(=O)(=O)N1CCN(C(=O)c2ccc(-c3ccccc3)cc2)CC1. The fourth-order valence-corrected chi connectivity index (χ4v) is 4.46. The Hall–Kier alpha value is -2.22. The number of carbonyl (C=O) groups excluding carboxylic acids is 1. The molecular weight excluding hydrogens is 364 g/mol. The summed E-state index contributed by atoms with van der Waals surface area (Å²) in [4.78, 5) is 14.4. The quantitative estimate of drug-likeness (QED) is 0.760. The van der Waals surface area contributed by atoms with Crippen molar-refractivity contribution in [2.45, 2.75) is 0 Å². The van der Waals surface area contributed by atoms with E-state index in [0.717, 1.165) is 11.1 Å². The van der Waals surface area contributed by atoms with E-state index in [1.165, 1.54) is 11.4 Å². The van der Waals surface area contributed by atoms with Gasteiger partial charge in [0.25, 0.3) is 5.91 Å². The molecule has 2 aromatic carbocycles. The van der Waals surface area contributed by atoms with Crippen LogP contribution >= 0.6 is 0 Å². The molecule has 3 rings (SSSR count). The third kappa shape index (κ3) is 4.74. The van der Waals surface area contributed by atoms with E-state index in [9.17, 15) is 13.2 Å². The predicted molar refractivity (Wildman–Crippen MR) is 105 cm³/mol. The van der Waals surface area contributed by atoms with Gasteiger partial charge in [0.15, 0.2) is 0 Å². The molecule has 1 amide bonds. The van der Waals surface area contributed by atoms with Crippen LogP contribution in [0.3, 0.4) is 0 Å². The highest BCUT2D eigenvalue weighted by Crippen LogP contribution is 2.20. The summed E-state index contributed by atoms with van der Waals surface area (Å²) in [5.74, 6) is -0.0955. The van der Waals surface area contributed by atoms with Crippen molar-refractivity contribution in [1.82, 2.24) is 9.21 Å². The van der Waals surface area contributed by atoms with E-state index >= 15 is 0 Å². The van der Waals surface area contributed by atoms with E-state index in [2.05, 4.69) is 0 Å². The van der Waals surface area contributed by atoms with Gasteiger partial charge in [-0.1, -0.05) is 42.5 Å². The van der Waals surface area contributed by atoms with E-state index in [4.69, 9.17) is 4.74 Å². The second-order valence-corrected chi connectivity index (χ2v) is 8.53. The molecule has 0 N–H and O–H groups in total. The summed E-state index contributed by atoms with van der Waals surface area (Å²) >= 11 is 0. The van der Waals surface area contributed by atoms with E-state index in [1.807, 2.05) is 54.6 Å². The first-order valence-electron chi connectivity index (χ1n) is 8.93. The number of hydrogen-bond acceptors (Lipinski definition) is 4. The largest absolute Gasteiger partial charge is 0.384 e. The lowest BCUT2D eigenvalue weighted by Gasteiger charge is -2.34. The summed E-state index contributed by atoms with van der Waals surface area (Å²) in [6, 6.07) is 17.5. The Morgan fingerprint density at radius 1 is 0.926 bits per heavy atom. The average molecular weight is 388 g/mol. The zero-order valence-corrected chi connectivity index (χ0v) is 16.2. The Bertz CT molecular complexity index is 859.